The average molecular weight is 387 g/mol. The van der Waals surface area contributed by atoms with Crippen molar-refractivity contribution in [3.05, 3.63) is 66.0 Å². The summed E-state index contributed by atoms with van der Waals surface area (Å²) in [5, 5.41) is 0. The molecule has 0 bridgehead atoms. The van der Waals surface area contributed by atoms with Crippen molar-refractivity contribution in [2.45, 2.75) is 19.8 Å². The first-order chi connectivity index (χ1) is 13.5. The van der Waals surface area contributed by atoms with E-state index in [1.165, 1.54) is 19.2 Å². The molecule has 1 unspecified atom stereocenters. The number of halogens is 1. The van der Waals surface area contributed by atoms with Gasteiger partial charge in [-0.2, -0.15) is 0 Å². The van der Waals surface area contributed by atoms with E-state index in [0.717, 1.165) is 5.56 Å². The lowest BCUT2D eigenvalue weighted by Crippen LogP contribution is -2.39. The van der Waals surface area contributed by atoms with Crippen molar-refractivity contribution in [1.29, 1.82) is 0 Å². The van der Waals surface area contributed by atoms with Crippen LogP contribution in [0.25, 0.3) is 0 Å². The number of para-hydroxylation sites is 1. The molecule has 28 heavy (non-hydrogen) atoms. The van der Waals surface area contributed by atoms with Crippen molar-refractivity contribution in [2.75, 3.05) is 26.8 Å². The van der Waals surface area contributed by atoms with E-state index < -0.39 is 5.92 Å². The van der Waals surface area contributed by atoms with Gasteiger partial charge in [0.25, 0.3) is 0 Å². The molecule has 2 aromatic rings. The van der Waals surface area contributed by atoms with E-state index in [2.05, 4.69) is 0 Å². The molecular formula is C22H26FNO4. The van der Waals surface area contributed by atoms with Crippen LogP contribution in [0.2, 0.25) is 0 Å². The zero-order chi connectivity index (χ0) is 20.4. The van der Waals surface area contributed by atoms with Crippen LogP contribution < -0.4 is 4.74 Å². The van der Waals surface area contributed by atoms with E-state index in [-0.39, 0.29) is 37.3 Å². The first-order valence-corrected chi connectivity index (χ1v) is 9.27. The molecule has 0 aliphatic heterocycles. The number of methoxy groups -OCH3 is 1. The highest BCUT2D eigenvalue weighted by atomic mass is 19.1. The lowest BCUT2D eigenvalue weighted by molar-refractivity contribution is -0.146. The molecule has 0 spiro atoms. The number of hydrogen-bond donors (Lipinski definition) is 0. The molecule has 2 rings (SSSR count). The quantitative estimate of drug-likeness (QED) is 0.586. The fraction of sp³-hybridized carbons (Fsp3) is 0.364. The van der Waals surface area contributed by atoms with Gasteiger partial charge in [-0.3, -0.25) is 9.59 Å². The Labute approximate surface area is 165 Å². The van der Waals surface area contributed by atoms with Gasteiger partial charge in [0.15, 0.2) is 0 Å². The molecule has 2 aromatic carbocycles. The number of hydrogen-bond acceptors (Lipinski definition) is 4. The van der Waals surface area contributed by atoms with Gasteiger partial charge in [0, 0.05) is 13.1 Å². The van der Waals surface area contributed by atoms with Gasteiger partial charge in [0.2, 0.25) is 5.91 Å². The minimum Gasteiger partial charge on any atom is -0.493 e. The van der Waals surface area contributed by atoms with Crippen molar-refractivity contribution >= 4 is 11.9 Å². The smallest absolute Gasteiger partial charge is 0.310 e. The van der Waals surface area contributed by atoms with E-state index in [1.807, 2.05) is 30.3 Å². The van der Waals surface area contributed by atoms with Crippen molar-refractivity contribution < 1.29 is 23.5 Å². The summed E-state index contributed by atoms with van der Waals surface area (Å²) >= 11 is 0. The minimum absolute atomic E-state index is 0.103. The van der Waals surface area contributed by atoms with E-state index in [0.29, 0.717) is 18.7 Å². The van der Waals surface area contributed by atoms with Crippen LogP contribution in [0.3, 0.4) is 0 Å². The SMILES string of the molecule is COC(=O)C(C)CN(CCc1ccc(F)cc1)C(=O)CCOc1ccccc1. The van der Waals surface area contributed by atoms with Crippen LogP contribution in [0.15, 0.2) is 54.6 Å². The summed E-state index contributed by atoms with van der Waals surface area (Å²) in [5.41, 5.74) is 0.922. The summed E-state index contributed by atoms with van der Waals surface area (Å²) in [6, 6.07) is 15.5. The maximum absolute atomic E-state index is 13.1. The van der Waals surface area contributed by atoms with Gasteiger partial charge in [-0.15, -0.1) is 0 Å². The number of carbonyl (C=O) groups excluding carboxylic acids is 2. The summed E-state index contributed by atoms with van der Waals surface area (Å²) in [7, 11) is 1.33. The maximum Gasteiger partial charge on any atom is 0.310 e. The Balaban J connectivity index is 1.93. The van der Waals surface area contributed by atoms with Crippen LogP contribution in [0, 0.1) is 11.7 Å². The van der Waals surface area contributed by atoms with Crippen LogP contribution in [-0.4, -0.2) is 43.6 Å². The predicted octanol–water partition coefficient (Wildman–Crippen LogP) is 3.48. The normalized spacial score (nSPS) is 11.5. The van der Waals surface area contributed by atoms with Gasteiger partial charge < -0.3 is 14.4 Å². The van der Waals surface area contributed by atoms with Gasteiger partial charge >= 0.3 is 5.97 Å². The summed E-state index contributed by atoms with van der Waals surface area (Å²) in [6.07, 6.45) is 0.770. The molecule has 0 fully saturated rings. The standard InChI is InChI=1S/C22H26FNO4/c1-17(22(26)27-2)16-24(14-12-18-8-10-19(23)11-9-18)21(25)13-15-28-20-6-4-3-5-7-20/h3-11,17H,12-16H2,1-2H3. The third-order valence-corrected chi connectivity index (χ3v) is 4.36. The maximum atomic E-state index is 13.1. The third-order valence-electron chi connectivity index (χ3n) is 4.36. The first-order valence-electron chi connectivity index (χ1n) is 9.27. The number of amides is 1. The number of nitrogens with zero attached hydrogens (tertiary/aromatic N) is 1. The Morgan fingerprint density at radius 3 is 2.39 bits per heavy atom. The molecule has 1 atom stereocenters. The minimum atomic E-state index is -0.433. The zero-order valence-corrected chi connectivity index (χ0v) is 16.3. The Kier molecular flexibility index (Phi) is 8.46. The highest BCUT2D eigenvalue weighted by Crippen LogP contribution is 2.11. The largest absolute Gasteiger partial charge is 0.493 e. The molecule has 0 aliphatic rings. The summed E-state index contributed by atoms with van der Waals surface area (Å²) in [6.45, 7) is 2.67. The topological polar surface area (TPSA) is 55.8 Å². The highest BCUT2D eigenvalue weighted by Gasteiger charge is 2.21. The van der Waals surface area contributed by atoms with E-state index in [4.69, 9.17) is 9.47 Å². The van der Waals surface area contributed by atoms with Gasteiger partial charge in [-0.1, -0.05) is 37.3 Å². The fourth-order valence-corrected chi connectivity index (χ4v) is 2.77. The first kappa shape index (κ1) is 21.4. The summed E-state index contributed by atoms with van der Waals surface area (Å²) in [5.74, 6) is -0.490. The molecule has 6 heteroatoms. The Morgan fingerprint density at radius 2 is 1.75 bits per heavy atom. The van der Waals surface area contributed by atoms with Crippen molar-refractivity contribution in [3.63, 3.8) is 0 Å². The molecule has 150 valence electrons. The van der Waals surface area contributed by atoms with Crippen molar-refractivity contribution in [2.24, 2.45) is 5.92 Å². The Hall–Kier alpha value is -2.89. The number of benzene rings is 2. The van der Waals surface area contributed by atoms with E-state index in [1.54, 1.807) is 24.0 Å². The lowest BCUT2D eigenvalue weighted by atomic mass is 10.1. The van der Waals surface area contributed by atoms with Crippen LogP contribution in [-0.2, 0) is 20.7 Å². The predicted molar refractivity (Wildman–Crippen MR) is 104 cm³/mol. The van der Waals surface area contributed by atoms with Crippen molar-refractivity contribution in [1.82, 2.24) is 4.90 Å². The molecule has 0 radical (unpaired) electrons. The fourth-order valence-electron chi connectivity index (χ4n) is 2.77. The molecule has 0 saturated carbocycles. The Morgan fingerprint density at radius 1 is 1.07 bits per heavy atom. The number of carbonyl (C=O) groups is 2. The molecule has 0 aliphatic carbocycles. The second-order valence-corrected chi connectivity index (χ2v) is 6.55. The molecule has 5 nitrogen and oxygen atoms in total. The monoisotopic (exact) mass is 387 g/mol. The number of esters is 1. The Bertz CT molecular complexity index is 749. The van der Waals surface area contributed by atoms with Crippen molar-refractivity contribution in [3.8, 4) is 5.75 Å². The van der Waals surface area contributed by atoms with E-state index in [9.17, 15) is 14.0 Å². The molecule has 0 saturated heterocycles. The van der Waals surface area contributed by atoms with Gasteiger partial charge in [0.1, 0.15) is 11.6 Å². The van der Waals surface area contributed by atoms with Gasteiger partial charge in [0.05, 0.1) is 26.1 Å². The molecule has 0 aromatic heterocycles. The summed E-state index contributed by atoms with van der Waals surface area (Å²) < 4.78 is 23.4. The molecule has 0 heterocycles. The second-order valence-electron chi connectivity index (χ2n) is 6.55. The second kappa shape index (κ2) is 11.1. The zero-order valence-electron chi connectivity index (χ0n) is 16.3. The van der Waals surface area contributed by atoms with Crippen LogP contribution in [0.4, 0.5) is 4.39 Å². The third kappa shape index (κ3) is 7.02. The van der Waals surface area contributed by atoms with Crippen LogP contribution in [0.1, 0.15) is 18.9 Å². The van der Waals surface area contributed by atoms with Gasteiger partial charge in [-0.05, 0) is 36.2 Å². The van der Waals surface area contributed by atoms with E-state index >= 15 is 0 Å². The lowest BCUT2D eigenvalue weighted by Gasteiger charge is -2.25. The van der Waals surface area contributed by atoms with Crippen LogP contribution in [0.5, 0.6) is 5.75 Å². The average Bonchev–Trinajstić information content (AvgIpc) is 2.72. The number of ether oxygens (including phenoxy) is 2. The molecular weight excluding hydrogens is 361 g/mol. The molecule has 0 N–H and O–H groups in total. The number of rotatable bonds is 10. The highest BCUT2D eigenvalue weighted by molar-refractivity contribution is 5.78. The van der Waals surface area contributed by atoms with Gasteiger partial charge in [-0.25, -0.2) is 4.39 Å². The molecule has 1 amide bonds. The van der Waals surface area contributed by atoms with Crippen LogP contribution >= 0.6 is 0 Å². The summed E-state index contributed by atoms with van der Waals surface area (Å²) in [4.78, 5) is 26.1.